The molecule has 128 valence electrons. The van der Waals surface area contributed by atoms with Gasteiger partial charge in [-0.3, -0.25) is 4.79 Å². The Morgan fingerprint density at radius 2 is 2.09 bits per heavy atom. The van der Waals surface area contributed by atoms with Crippen LogP contribution in [0, 0.1) is 0 Å². The number of alkyl halides is 2. The van der Waals surface area contributed by atoms with Gasteiger partial charge in [-0.15, -0.1) is 0 Å². The second-order valence-electron chi connectivity index (χ2n) is 5.89. The van der Waals surface area contributed by atoms with E-state index in [0.29, 0.717) is 18.2 Å². The van der Waals surface area contributed by atoms with Crippen molar-refractivity contribution in [3.05, 3.63) is 29.8 Å². The standard InChI is InChI=1S/C17H24F2N2O2/c1-13-5-2-3-11-21(13)12-4-10-20-16(22)14-6-8-15(9-7-14)23-17(18)19/h6-9,13,17H,2-5,10-12H2,1H3,(H,20,22). The highest BCUT2D eigenvalue weighted by molar-refractivity contribution is 5.94. The molecule has 2 rings (SSSR count). The first-order valence-electron chi connectivity index (χ1n) is 8.13. The lowest BCUT2D eigenvalue weighted by molar-refractivity contribution is -0.0498. The second-order valence-corrected chi connectivity index (χ2v) is 5.89. The number of ether oxygens (including phenoxy) is 1. The van der Waals surface area contributed by atoms with Crippen molar-refractivity contribution in [2.75, 3.05) is 19.6 Å². The third-order valence-corrected chi connectivity index (χ3v) is 4.19. The van der Waals surface area contributed by atoms with Gasteiger partial charge < -0.3 is 15.0 Å². The summed E-state index contributed by atoms with van der Waals surface area (Å²) in [6, 6.07) is 6.34. The number of nitrogens with zero attached hydrogens (tertiary/aromatic N) is 1. The van der Waals surface area contributed by atoms with E-state index in [-0.39, 0.29) is 11.7 Å². The normalized spacial score (nSPS) is 18.9. The summed E-state index contributed by atoms with van der Waals surface area (Å²) < 4.78 is 28.4. The van der Waals surface area contributed by atoms with Crippen LogP contribution in [0.25, 0.3) is 0 Å². The summed E-state index contributed by atoms with van der Waals surface area (Å²) in [6.45, 7) is 2.13. The molecule has 0 radical (unpaired) electrons. The number of hydrogen-bond donors (Lipinski definition) is 1. The SMILES string of the molecule is CC1CCCCN1CCCNC(=O)c1ccc(OC(F)F)cc1. The molecule has 1 fully saturated rings. The number of hydrogen-bond acceptors (Lipinski definition) is 3. The molecule has 0 aromatic heterocycles. The zero-order chi connectivity index (χ0) is 16.7. The van der Waals surface area contributed by atoms with Gasteiger partial charge in [-0.2, -0.15) is 8.78 Å². The third kappa shape index (κ3) is 5.78. The Balaban J connectivity index is 1.70. The molecule has 0 saturated carbocycles. The molecule has 0 aliphatic carbocycles. The largest absolute Gasteiger partial charge is 0.435 e. The van der Waals surface area contributed by atoms with Crippen LogP contribution in [-0.2, 0) is 0 Å². The van der Waals surface area contributed by atoms with Gasteiger partial charge in [0.25, 0.3) is 5.91 Å². The molecule has 1 aliphatic heterocycles. The van der Waals surface area contributed by atoms with Crippen LogP contribution in [0.2, 0.25) is 0 Å². The van der Waals surface area contributed by atoms with Crippen LogP contribution < -0.4 is 10.1 Å². The number of carbonyl (C=O) groups excluding carboxylic acids is 1. The predicted molar refractivity (Wildman–Crippen MR) is 84.9 cm³/mol. The molecule has 1 aromatic carbocycles. The van der Waals surface area contributed by atoms with Gasteiger partial charge in [0.1, 0.15) is 5.75 Å². The summed E-state index contributed by atoms with van der Waals surface area (Å²) in [5, 5.41) is 2.86. The number of halogens is 2. The molecule has 1 heterocycles. The minimum Gasteiger partial charge on any atom is -0.435 e. The molecule has 1 atom stereocenters. The van der Waals surface area contributed by atoms with E-state index in [0.717, 1.165) is 19.5 Å². The van der Waals surface area contributed by atoms with Crippen LogP contribution in [0.4, 0.5) is 8.78 Å². The highest BCUT2D eigenvalue weighted by Crippen LogP contribution is 2.16. The van der Waals surface area contributed by atoms with Crippen molar-refractivity contribution in [2.24, 2.45) is 0 Å². The fourth-order valence-corrected chi connectivity index (χ4v) is 2.86. The van der Waals surface area contributed by atoms with E-state index >= 15 is 0 Å². The topological polar surface area (TPSA) is 41.6 Å². The first-order valence-corrected chi connectivity index (χ1v) is 8.13. The smallest absolute Gasteiger partial charge is 0.387 e. The summed E-state index contributed by atoms with van der Waals surface area (Å²) >= 11 is 0. The third-order valence-electron chi connectivity index (χ3n) is 4.19. The summed E-state index contributed by atoms with van der Waals surface area (Å²) in [5.41, 5.74) is 0.443. The van der Waals surface area contributed by atoms with Crippen LogP contribution in [-0.4, -0.2) is 43.1 Å². The van der Waals surface area contributed by atoms with Crippen LogP contribution in [0.1, 0.15) is 43.0 Å². The van der Waals surface area contributed by atoms with Gasteiger partial charge in [0.05, 0.1) is 0 Å². The Kier molecular flexibility index (Phi) is 6.77. The van der Waals surface area contributed by atoms with Crippen molar-refractivity contribution in [3.8, 4) is 5.75 Å². The Bertz CT molecular complexity index is 494. The summed E-state index contributed by atoms with van der Waals surface area (Å²) in [7, 11) is 0. The van der Waals surface area contributed by atoms with Gasteiger partial charge in [0.15, 0.2) is 0 Å². The molecular weight excluding hydrogens is 302 g/mol. The first kappa shape index (κ1) is 17.7. The molecule has 0 bridgehead atoms. The molecule has 6 heteroatoms. The van der Waals surface area contributed by atoms with Crippen LogP contribution >= 0.6 is 0 Å². The van der Waals surface area contributed by atoms with Gasteiger partial charge in [-0.25, -0.2) is 0 Å². The van der Waals surface area contributed by atoms with E-state index in [1.807, 2.05) is 0 Å². The lowest BCUT2D eigenvalue weighted by Crippen LogP contribution is -2.39. The van der Waals surface area contributed by atoms with Crippen molar-refractivity contribution in [2.45, 2.75) is 45.3 Å². The minimum atomic E-state index is -2.85. The predicted octanol–water partition coefficient (Wildman–Crippen LogP) is 3.28. The molecular formula is C17H24F2N2O2. The lowest BCUT2D eigenvalue weighted by Gasteiger charge is -2.33. The second kappa shape index (κ2) is 8.82. The quantitative estimate of drug-likeness (QED) is 0.782. The van der Waals surface area contributed by atoms with Gasteiger partial charge in [0.2, 0.25) is 0 Å². The van der Waals surface area contributed by atoms with Gasteiger partial charge in [0, 0.05) is 24.7 Å². The van der Waals surface area contributed by atoms with Crippen molar-refractivity contribution in [1.82, 2.24) is 10.2 Å². The van der Waals surface area contributed by atoms with E-state index in [9.17, 15) is 13.6 Å². The van der Waals surface area contributed by atoms with E-state index in [1.165, 1.54) is 43.5 Å². The van der Waals surface area contributed by atoms with Crippen LogP contribution in [0.15, 0.2) is 24.3 Å². The number of carbonyl (C=O) groups is 1. The molecule has 4 nitrogen and oxygen atoms in total. The number of amides is 1. The Morgan fingerprint density at radius 3 is 2.74 bits per heavy atom. The molecule has 1 aromatic rings. The molecule has 1 N–H and O–H groups in total. The van der Waals surface area contributed by atoms with Gasteiger partial charge in [-0.1, -0.05) is 6.42 Å². The van der Waals surface area contributed by atoms with Crippen molar-refractivity contribution < 1.29 is 18.3 Å². The average molecular weight is 326 g/mol. The number of nitrogens with one attached hydrogen (secondary N) is 1. The molecule has 1 amide bonds. The zero-order valence-electron chi connectivity index (χ0n) is 13.4. The highest BCUT2D eigenvalue weighted by Gasteiger charge is 2.17. The lowest BCUT2D eigenvalue weighted by atomic mass is 10.0. The van der Waals surface area contributed by atoms with E-state index in [4.69, 9.17) is 0 Å². The number of benzene rings is 1. The molecule has 23 heavy (non-hydrogen) atoms. The molecule has 1 unspecified atom stereocenters. The van der Waals surface area contributed by atoms with Gasteiger partial charge in [-0.05, 0) is 57.0 Å². The van der Waals surface area contributed by atoms with E-state index in [2.05, 4.69) is 21.9 Å². The van der Waals surface area contributed by atoms with E-state index in [1.54, 1.807) is 0 Å². The van der Waals surface area contributed by atoms with E-state index < -0.39 is 6.61 Å². The summed E-state index contributed by atoms with van der Waals surface area (Å²) in [4.78, 5) is 14.4. The van der Waals surface area contributed by atoms with Crippen molar-refractivity contribution in [1.29, 1.82) is 0 Å². The summed E-state index contributed by atoms with van der Waals surface area (Å²) in [5.74, 6) is -0.143. The fraction of sp³-hybridized carbons (Fsp3) is 0.588. The van der Waals surface area contributed by atoms with Crippen molar-refractivity contribution >= 4 is 5.91 Å². The van der Waals surface area contributed by atoms with Crippen LogP contribution in [0.3, 0.4) is 0 Å². The summed E-state index contributed by atoms with van der Waals surface area (Å²) in [6.07, 6.45) is 4.71. The molecule has 0 spiro atoms. The Morgan fingerprint density at radius 1 is 1.35 bits per heavy atom. The fourth-order valence-electron chi connectivity index (χ4n) is 2.86. The Labute approximate surface area is 135 Å². The highest BCUT2D eigenvalue weighted by atomic mass is 19.3. The van der Waals surface area contributed by atoms with Gasteiger partial charge >= 0.3 is 6.61 Å². The number of rotatable bonds is 7. The maximum atomic E-state index is 12.1. The van der Waals surface area contributed by atoms with Crippen LogP contribution in [0.5, 0.6) is 5.75 Å². The number of likely N-dealkylation sites (tertiary alicyclic amines) is 1. The molecule has 1 aliphatic rings. The minimum absolute atomic E-state index is 0.0515. The average Bonchev–Trinajstić information content (AvgIpc) is 2.53. The monoisotopic (exact) mass is 326 g/mol. The maximum absolute atomic E-state index is 12.1. The first-order chi connectivity index (χ1) is 11.1. The van der Waals surface area contributed by atoms with Crippen molar-refractivity contribution in [3.63, 3.8) is 0 Å². The molecule has 1 saturated heterocycles. The zero-order valence-corrected chi connectivity index (χ0v) is 13.4. The number of piperidine rings is 1. The maximum Gasteiger partial charge on any atom is 0.387 e. The Hall–Kier alpha value is -1.69.